The molecule has 1 aromatic rings. The summed E-state index contributed by atoms with van der Waals surface area (Å²) in [5.74, 6) is 0. The van der Waals surface area contributed by atoms with E-state index in [4.69, 9.17) is 22.1 Å². The van der Waals surface area contributed by atoms with E-state index in [0.717, 1.165) is 23.7 Å². The highest BCUT2D eigenvalue weighted by Gasteiger charge is 2.35. The Kier molecular flexibility index (Phi) is 4.51. The number of nitrogens with zero attached hydrogens (tertiary/aromatic N) is 1. The Balaban J connectivity index is 2.25. The van der Waals surface area contributed by atoms with Gasteiger partial charge >= 0.3 is 0 Å². The first-order valence-corrected chi connectivity index (χ1v) is 7.17. The molecule has 2 rings (SSSR count). The number of ether oxygens (including phenoxy) is 1. The van der Waals surface area contributed by atoms with E-state index < -0.39 is 0 Å². The molecule has 1 aliphatic rings. The minimum Gasteiger partial charge on any atom is -0.370 e. The fourth-order valence-electron chi connectivity index (χ4n) is 2.96. The highest BCUT2D eigenvalue weighted by atomic mass is 35.5. The van der Waals surface area contributed by atoms with Crippen LogP contribution in [0.15, 0.2) is 24.3 Å². The number of morpholine rings is 1. The van der Waals surface area contributed by atoms with Crippen molar-refractivity contribution in [2.75, 3.05) is 19.6 Å². The summed E-state index contributed by atoms with van der Waals surface area (Å²) in [5, 5.41) is 0.787. The van der Waals surface area contributed by atoms with Crippen LogP contribution in [0, 0.1) is 0 Å². The van der Waals surface area contributed by atoms with E-state index in [1.165, 1.54) is 0 Å². The first-order chi connectivity index (χ1) is 8.93. The third-order valence-corrected chi connectivity index (χ3v) is 3.87. The van der Waals surface area contributed by atoms with Gasteiger partial charge in [0, 0.05) is 30.7 Å². The molecule has 0 spiro atoms. The monoisotopic (exact) mass is 282 g/mol. The molecule has 0 saturated carbocycles. The predicted molar refractivity (Wildman–Crippen MR) is 79.4 cm³/mol. The molecule has 1 saturated heterocycles. The van der Waals surface area contributed by atoms with Gasteiger partial charge < -0.3 is 10.5 Å². The van der Waals surface area contributed by atoms with Crippen LogP contribution in [0.5, 0.6) is 0 Å². The molecule has 0 radical (unpaired) electrons. The van der Waals surface area contributed by atoms with Crippen LogP contribution < -0.4 is 5.73 Å². The van der Waals surface area contributed by atoms with Crippen molar-refractivity contribution < 1.29 is 4.74 Å². The molecular formula is C15H23ClN2O. The van der Waals surface area contributed by atoms with Gasteiger partial charge in [-0.05, 0) is 32.4 Å². The number of benzene rings is 1. The quantitative estimate of drug-likeness (QED) is 0.926. The van der Waals surface area contributed by atoms with Gasteiger partial charge in [-0.1, -0.05) is 29.8 Å². The van der Waals surface area contributed by atoms with Crippen molar-refractivity contribution in [1.29, 1.82) is 0 Å². The molecule has 19 heavy (non-hydrogen) atoms. The number of nitrogens with two attached hydrogens (primary N) is 1. The Bertz CT molecular complexity index is 436. The Labute approximate surface area is 120 Å². The van der Waals surface area contributed by atoms with Crippen molar-refractivity contribution in [3.8, 4) is 0 Å². The van der Waals surface area contributed by atoms with Gasteiger partial charge in [-0.15, -0.1) is 0 Å². The van der Waals surface area contributed by atoms with Gasteiger partial charge in [0.15, 0.2) is 0 Å². The van der Waals surface area contributed by atoms with Crippen molar-refractivity contribution in [2.24, 2.45) is 5.73 Å². The fourth-order valence-corrected chi connectivity index (χ4v) is 3.22. The molecule has 0 bridgehead atoms. The Morgan fingerprint density at radius 2 is 2.16 bits per heavy atom. The van der Waals surface area contributed by atoms with Crippen LogP contribution in [-0.4, -0.2) is 36.2 Å². The molecule has 1 heterocycles. The van der Waals surface area contributed by atoms with Crippen molar-refractivity contribution in [1.82, 2.24) is 4.90 Å². The first kappa shape index (κ1) is 14.8. The smallest absolute Gasteiger partial charge is 0.0757 e. The van der Waals surface area contributed by atoms with Crippen molar-refractivity contribution in [3.05, 3.63) is 34.9 Å². The average Bonchev–Trinajstić information content (AvgIpc) is 2.30. The van der Waals surface area contributed by atoms with Gasteiger partial charge in [-0.2, -0.15) is 0 Å². The molecule has 0 aromatic heterocycles. The Morgan fingerprint density at radius 3 is 2.74 bits per heavy atom. The third kappa shape index (κ3) is 3.48. The molecular weight excluding hydrogens is 260 g/mol. The molecule has 2 atom stereocenters. The maximum Gasteiger partial charge on any atom is 0.0757 e. The van der Waals surface area contributed by atoms with Crippen LogP contribution in [-0.2, 0) is 4.74 Å². The number of hydrogen-bond donors (Lipinski definition) is 1. The molecule has 1 aliphatic heterocycles. The van der Waals surface area contributed by atoms with Crippen molar-refractivity contribution >= 4 is 11.6 Å². The molecule has 2 unspecified atom stereocenters. The Hall–Kier alpha value is -0.610. The van der Waals surface area contributed by atoms with E-state index in [1.807, 2.05) is 18.2 Å². The summed E-state index contributed by atoms with van der Waals surface area (Å²) in [5.41, 5.74) is 6.96. The normalized spacial score (nSPS) is 25.2. The second-order valence-corrected chi connectivity index (χ2v) is 6.30. The zero-order chi connectivity index (χ0) is 14.0. The predicted octanol–water partition coefficient (Wildman–Crippen LogP) is 2.84. The lowest BCUT2D eigenvalue weighted by Gasteiger charge is -2.45. The van der Waals surface area contributed by atoms with E-state index in [9.17, 15) is 0 Å². The maximum atomic E-state index is 6.31. The molecule has 1 aromatic carbocycles. The molecule has 0 amide bonds. The summed E-state index contributed by atoms with van der Waals surface area (Å²) in [6, 6.07) is 8.10. The summed E-state index contributed by atoms with van der Waals surface area (Å²) in [6.07, 6.45) is 0.209. The molecule has 106 valence electrons. The van der Waals surface area contributed by atoms with Crippen LogP contribution in [0.3, 0.4) is 0 Å². The SMILES string of the molecule is CC1CN(C(CN)c2ccccc2Cl)CC(C)(C)O1. The Morgan fingerprint density at radius 1 is 1.47 bits per heavy atom. The lowest BCUT2D eigenvalue weighted by Crippen LogP contribution is -2.53. The van der Waals surface area contributed by atoms with E-state index in [1.54, 1.807) is 0 Å². The topological polar surface area (TPSA) is 38.5 Å². The van der Waals surface area contributed by atoms with E-state index in [0.29, 0.717) is 6.54 Å². The van der Waals surface area contributed by atoms with Gasteiger partial charge in [0.05, 0.1) is 11.7 Å². The average molecular weight is 283 g/mol. The van der Waals surface area contributed by atoms with Gasteiger partial charge in [-0.25, -0.2) is 0 Å². The van der Waals surface area contributed by atoms with Crippen molar-refractivity contribution in [3.63, 3.8) is 0 Å². The van der Waals surface area contributed by atoms with Crippen LogP contribution in [0.2, 0.25) is 5.02 Å². The number of halogens is 1. The highest BCUT2D eigenvalue weighted by molar-refractivity contribution is 6.31. The van der Waals surface area contributed by atoms with E-state index >= 15 is 0 Å². The van der Waals surface area contributed by atoms with Gasteiger partial charge in [0.25, 0.3) is 0 Å². The maximum absolute atomic E-state index is 6.31. The minimum atomic E-state index is -0.146. The summed E-state index contributed by atoms with van der Waals surface area (Å²) in [7, 11) is 0. The molecule has 4 heteroatoms. The molecule has 0 aliphatic carbocycles. The third-order valence-electron chi connectivity index (χ3n) is 3.52. The highest BCUT2D eigenvalue weighted by Crippen LogP contribution is 2.31. The minimum absolute atomic E-state index is 0.146. The summed E-state index contributed by atoms with van der Waals surface area (Å²) in [4.78, 5) is 2.38. The fraction of sp³-hybridized carbons (Fsp3) is 0.600. The van der Waals surface area contributed by atoms with E-state index in [2.05, 4.69) is 31.7 Å². The number of hydrogen-bond acceptors (Lipinski definition) is 3. The molecule has 2 N–H and O–H groups in total. The van der Waals surface area contributed by atoms with Crippen molar-refractivity contribution in [2.45, 2.75) is 38.5 Å². The first-order valence-electron chi connectivity index (χ1n) is 6.79. The van der Waals surface area contributed by atoms with Crippen LogP contribution in [0.25, 0.3) is 0 Å². The largest absolute Gasteiger partial charge is 0.370 e. The standard InChI is InChI=1S/C15H23ClN2O/c1-11-9-18(10-15(2,3)19-11)14(8-17)12-6-4-5-7-13(12)16/h4-7,11,14H,8-10,17H2,1-3H3. The number of rotatable bonds is 3. The van der Waals surface area contributed by atoms with Crippen LogP contribution in [0.4, 0.5) is 0 Å². The molecule has 1 fully saturated rings. The van der Waals surface area contributed by atoms with E-state index in [-0.39, 0.29) is 17.7 Å². The second kappa shape index (κ2) is 5.80. The summed E-state index contributed by atoms with van der Waals surface area (Å²) < 4.78 is 5.95. The zero-order valence-electron chi connectivity index (χ0n) is 11.9. The molecule has 3 nitrogen and oxygen atoms in total. The summed E-state index contributed by atoms with van der Waals surface area (Å²) >= 11 is 6.31. The zero-order valence-corrected chi connectivity index (χ0v) is 12.7. The van der Waals surface area contributed by atoms with Gasteiger partial charge in [-0.3, -0.25) is 4.90 Å². The lowest BCUT2D eigenvalue weighted by molar-refractivity contribution is -0.137. The second-order valence-electron chi connectivity index (χ2n) is 5.89. The van der Waals surface area contributed by atoms with Gasteiger partial charge in [0.1, 0.15) is 0 Å². The lowest BCUT2D eigenvalue weighted by atomic mass is 9.99. The van der Waals surface area contributed by atoms with Crippen LogP contribution >= 0.6 is 11.6 Å². The summed E-state index contributed by atoms with van der Waals surface area (Å²) in [6.45, 7) is 8.66. The van der Waals surface area contributed by atoms with Gasteiger partial charge in [0.2, 0.25) is 0 Å². The van der Waals surface area contributed by atoms with Crippen LogP contribution in [0.1, 0.15) is 32.4 Å².